The third-order valence-corrected chi connectivity index (χ3v) is 5.52. The van der Waals surface area contributed by atoms with Gasteiger partial charge in [0.05, 0.1) is 5.69 Å². The Bertz CT molecular complexity index is 519. The van der Waals surface area contributed by atoms with Gasteiger partial charge in [0.15, 0.2) is 0 Å². The number of nitrogens with two attached hydrogens (primary N) is 1. The number of aromatic nitrogens is 1. The molecule has 3 fully saturated rings. The molecule has 3 saturated carbocycles. The van der Waals surface area contributed by atoms with E-state index >= 15 is 0 Å². The first-order chi connectivity index (χ1) is 9.19. The number of hydrogen-bond acceptors (Lipinski definition) is 2. The van der Waals surface area contributed by atoms with Crippen LogP contribution in [0.3, 0.4) is 0 Å². The van der Waals surface area contributed by atoms with Crippen molar-refractivity contribution >= 4 is 11.6 Å². The van der Waals surface area contributed by atoms with Gasteiger partial charge in [0.25, 0.3) is 5.91 Å². The minimum atomic E-state index is 0.0531. The van der Waals surface area contributed by atoms with Gasteiger partial charge in [-0.1, -0.05) is 0 Å². The number of rotatable bonds is 3. The first-order valence-electron chi connectivity index (χ1n) is 7.45. The molecule has 4 atom stereocenters. The molecule has 4 nitrogen and oxygen atoms in total. The van der Waals surface area contributed by atoms with Crippen molar-refractivity contribution in [1.82, 2.24) is 9.88 Å². The van der Waals surface area contributed by atoms with Crippen molar-refractivity contribution in [2.75, 3.05) is 5.73 Å². The second-order valence-corrected chi connectivity index (χ2v) is 6.43. The highest BCUT2D eigenvalue weighted by Gasteiger charge is 2.65. The number of aryl methyl sites for hydroxylation is 1. The SMILES string of the molecule is CCn1cc(N)cc1C(=O)NC1C2C3CCC(C3)C12. The Morgan fingerprint density at radius 1 is 1.42 bits per heavy atom. The average molecular weight is 259 g/mol. The summed E-state index contributed by atoms with van der Waals surface area (Å²) in [7, 11) is 0. The zero-order valence-corrected chi connectivity index (χ0v) is 11.3. The quantitative estimate of drug-likeness (QED) is 0.870. The van der Waals surface area contributed by atoms with E-state index in [1.54, 1.807) is 6.07 Å². The molecule has 1 heterocycles. The highest BCUT2D eigenvalue weighted by atomic mass is 16.2. The third kappa shape index (κ3) is 1.55. The van der Waals surface area contributed by atoms with Crippen LogP contribution in [0.5, 0.6) is 0 Å². The van der Waals surface area contributed by atoms with Gasteiger partial charge in [-0.2, -0.15) is 0 Å². The number of fused-ring (bicyclic) bond motifs is 5. The highest BCUT2D eigenvalue weighted by Crippen LogP contribution is 2.65. The van der Waals surface area contributed by atoms with Crippen LogP contribution >= 0.6 is 0 Å². The number of amides is 1. The van der Waals surface area contributed by atoms with Gasteiger partial charge >= 0.3 is 0 Å². The largest absolute Gasteiger partial charge is 0.397 e. The van der Waals surface area contributed by atoms with Gasteiger partial charge < -0.3 is 15.6 Å². The van der Waals surface area contributed by atoms with Gasteiger partial charge in [0, 0.05) is 18.8 Å². The van der Waals surface area contributed by atoms with Crippen molar-refractivity contribution in [3.05, 3.63) is 18.0 Å². The summed E-state index contributed by atoms with van der Waals surface area (Å²) in [6, 6.07) is 2.23. The second kappa shape index (κ2) is 3.78. The molecular formula is C15H21N3O. The van der Waals surface area contributed by atoms with E-state index < -0.39 is 0 Å². The van der Waals surface area contributed by atoms with E-state index in [2.05, 4.69) is 5.32 Å². The molecule has 3 aliphatic rings. The topological polar surface area (TPSA) is 60.0 Å². The van der Waals surface area contributed by atoms with Crippen LogP contribution in [0.4, 0.5) is 5.69 Å². The van der Waals surface area contributed by atoms with Crippen LogP contribution in [0.2, 0.25) is 0 Å². The summed E-state index contributed by atoms with van der Waals surface area (Å²) in [5.74, 6) is 3.40. The van der Waals surface area contributed by atoms with Crippen LogP contribution in [0.15, 0.2) is 12.3 Å². The summed E-state index contributed by atoms with van der Waals surface area (Å²) in [5.41, 5.74) is 7.16. The van der Waals surface area contributed by atoms with Crippen LogP contribution in [0.25, 0.3) is 0 Å². The summed E-state index contributed by atoms with van der Waals surface area (Å²) in [4.78, 5) is 12.4. The molecule has 4 rings (SSSR count). The number of anilines is 1. The fourth-order valence-corrected chi connectivity index (χ4v) is 4.73. The summed E-state index contributed by atoms with van der Waals surface area (Å²) in [6.45, 7) is 2.81. The molecule has 0 aromatic carbocycles. The second-order valence-electron chi connectivity index (χ2n) is 6.43. The monoisotopic (exact) mass is 259 g/mol. The lowest BCUT2D eigenvalue weighted by molar-refractivity contribution is 0.0935. The standard InChI is InChI=1S/C15H21N3O/c1-2-18-7-10(16)6-11(18)15(19)17-14-12-8-3-4-9(5-8)13(12)14/h6-9,12-14H,2-5,16H2,1H3,(H,17,19). The van der Waals surface area contributed by atoms with E-state index in [1.165, 1.54) is 19.3 Å². The molecule has 4 unspecified atom stereocenters. The molecule has 4 heteroatoms. The predicted octanol–water partition coefficient (Wildman–Crippen LogP) is 1.86. The maximum absolute atomic E-state index is 12.4. The Balaban J connectivity index is 1.48. The summed E-state index contributed by atoms with van der Waals surface area (Å²) >= 11 is 0. The minimum Gasteiger partial charge on any atom is -0.397 e. The number of hydrogen-bond donors (Lipinski definition) is 2. The Morgan fingerprint density at radius 3 is 2.74 bits per heavy atom. The molecule has 1 aromatic rings. The third-order valence-electron chi connectivity index (χ3n) is 5.52. The van der Waals surface area contributed by atoms with Crippen LogP contribution in [0, 0.1) is 23.7 Å². The number of nitrogens with one attached hydrogen (secondary N) is 1. The lowest BCUT2D eigenvalue weighted by atomic mass is 10.0. The fourth-order valence-electron chi connectivity index (χ4n) is 4.73. The minimum absolute atomic E-state index is 0.0531. The molecule has 3 N–H and O–H groups in total. The first-order valence-corrected chi connectivity index (χ1v) is 7.45. The Kier molecular flexibility index (Phi) is 2.26. The molecular weight excluding hydrogens is 238 g/mol. The van der Waals surface area contributed by atoms with E-state index in [-0.39, 0.29) is 5.91 Å². The van der Waals surface area contributed by atoms with Gasteiger partial charge in [-0.15, -0.1) is 0 Å². The maximum Gasteiger partial charge on any atom is 0.268 e. The van der Waals surface area contributed by atoms with Crippen LogP contribution in [0.1, 0.15) is 36.7 Å². The normalized spacial score (nSPS) is 38.3. The number of carbonyl (C=O) groups is 1. The molecule has 3 aliphatic carbocycles. The predicted molar refractivity (Wildman–Crippen MR) is 73.6 cm³/mol. The van der Waals surface area contributed by atoms with Gasteiger partial charge in [-0.25, -0.2) is 0 Å². The van der Waals surface area contributed by atoms with Crippen LogP contribution in [-0.2, 0) is 6.54 Å². The zero-order chi connectivity index (χ0) is 13.1. The van der Waals surface area contributed by atoms with Crippen molar-refractivity contribution in [3.8, 4) is 0 Å². The van der Waals surface area contributed by atoms with Crippen molar-refractivity contribution in [1.29, 1.82) is 0 Å². The van der Waals surface area contributed by atoms with E-state index in [0.29, 0.717) is 17.4 Å². The summed E-state index contributed by atoms with van der Waals surface area (Å²) in [6.07, 6.45) is 6.03. The molecule has 19 heavy (non-hydrogen) atoms. The maximum atomic E-state index is 12.4. The van der Waals surface area contributed by atoms with Crippen molar-refractivity contribution in [3.63, 3.8) is 0 Å². The van der Waals surface area contributed by atoms with Crippen molar-refractivity contribution < 1.29 is 4.79 Å². The zero-order valence-electron chi connectivity index (χ0n) is 11.3. The molecule has 2 bridgehead atoms. The molecule has 102 valence electrons. The molecule has 1 amide bonds. The van der Waals surface area contributed by atoms with Crippen LogP contribution in [-0.4, -0.2) is 16.5 Å². The van der Waals surface area contributed by atoms with Crippen molar-refractivity contribution in [2.24, 2.45) is 23.7 Å². The molecule has 0 aliphatic heterocycles. The fraction of sp³-hybridized carbons (Fsp3) is 0.667. The lowest BCUT2D eigenvalue weighted by Gasteiger charge is -2.11. The molecule has 0 radical (unpaired) electrons. The van der Waals surface area contributed by atoms with Gasteiger partial charge in [0.2, 0.25) is 0 Å². The summed E-state index contributed by atoms with van der Waals surface area (Å²) in [5, 5.41) is 3.25. The Morgan fingerprint density at radius 2 is 2.11 bits per heavy atom. The molecule has 0 saturated heterocycles. The van der Waals surface area contributed by atoms with Crippen LogP contribution < -0.4 is 11.1 Å². The molecule has 0 spiro atoms. The van der Waals surface area contributed by atoms with E-state index in [0.717, 1.165) is 30.2 Å². The molecule has 1 aromatic heterocycles. The van der Waals surface area contributed by atoms with Gasteiger partial charge in [-0.05, 0) is 55.9 Å². The smallest absolute Gasteiger partial charge is 0.268 e. The highest BCUT2D eigenvalue weighted by molar-refractivity contribution is 5.94. The number of nitrogen functional groups attached to an aromatic ring is 1. The van der Waals surface area contributed by atoms with E-state index in [1.807, 2.05) is 17.7 Å². The van der Waals surface area contributed by atoms with E-state index in [4.69, 9.17) is 5.73 Å². The Hall–Kier alpha value is -1.45. The van der Waals surface area contributed by atoms with Gasteiger partial charge in [-0.3, -0.25) is 4.79 Å². The summed E-state index contributed by atoms with van der Waals surface area (Å²) < 4.78 is 1.93. The Labute approximate surface area is 113 Å². The number of carbonyl (C=O) groups excluding carboxylic acids is 1. The number of nitrogens with zero attached hydrogens (tertiary/aromatic N) is 1. The van der Waals surface area contributed by atoms with Crippen molar-refractivity contribution in [2.45, 2.75) is 38.8 Å². The first kappa shape index (κ1) is 11.4. The van der Waals surface area contributed by atoms with E-state index in [9.17, 15) is 4.79 Å². The van der Waals surface area contributed by atoms with Gasteiger partial charge in [0.1, 0.15) is 5.69 Å². The average Bonchev–Trinajstić information content (AvgIpc) is 2.79. The lowest BCUT2D eigenvalue weighted by Crippen LogP contribution is -2.31.